The largest absolute Gasteiger partial charge is 0.480 e. The molecule has 0 aliphatic rings. The van der Waals surface area contributed by atoms with Crippen molar-refractivity contribution in [2.45, 2.75) is 26.8 Å². The van der Waals surface area contributed by atoms with E-state index in [0.29, 0.717) is 5.56 Å². The van der Waals surface area contributed by atoms with Crippen LogP contribution in [0.4, 0.5) is 4.39 Å². The summed E-state index contributed by atoms with van der Waals surface area (Å²) in [5, 5.41) is 11.6. The van der Waals surface area contributed by atoms with Crippen molar-refractivity contribution in [2.24, 2.45) is 0 Å². The number of carbonyl (C=O) groups is 3. The van der Waals surface area contributed by atoms with Gasteiger partial charge in [0.05, 0.1) is 0 Å². The monoisotopic (exact) mass is 310 g/mol. The van der Waals surface area contributed by atoms with Gasteiger partial charge in [-0.2, -0.15) is 0 Å². The first-order chi connectivity index (χ1) is 10.2. The van der Waals surface area contributed by atoms with E-state index in [-0.39, 0.29) is 24.6 Å². The summed E-state index contributed by atoms with van der Waals surface area (Å²) >= 11 is 0. The van der Waals surface area contributed by atoms with E-state index in [1.54, 1.807) is 0 Å². The van der Waals surface area contributed by atoms with E-state index in [1.165, 1.54) is 39.0 Å². The molecule has 6 nitrogen and oxygen atoms in total. The molecule has 0 fully saturated rings. The minimum atomic E-state index is -1.16. The van der Waals surface area contributed by atoms with Crippen molar-refractivity contribution in [3.63, 3.8) is 0 Å². The van der Waals surface area contributed by atoms with E-state index < -0.39 is 23.7 Å². The third-order valence-corrected chi connectivity index (χ3v) is 3.22. The molecular weight excluding hydrogens is 291 g/mol. The molecule has 1 rings (SSSR count). The zero-order valence-corrected chi connectivity index (χ0v) is 12.7. The molecule has 22 heavy (non-hydrogen) atoms. The van der Waals surface area contributed by atoms with E-state index in [0.717, 1.165) is 4.90 Å². The minimum absolute atomic E-state index is 0.0440. The molecule has 1 aromatic rings. The van der Waals surface area contributed by atoms with Gasteiger partial charge in [0.2, 0.25) is 5.91 Å². The molecule has 0 saturated carbocycles. The predicted octanol–water partition coefficient (Wildman–Crippen LogP) is 1.19. The highest BCUT2D eigenvalue weighted by Gasteiger charge is 2.26. The summed E-state index contributed by atoms with van der Waals surface area (Å²) in [6, 6.07) is 2.79. The Hall–Kier alpha value is -2.44. The summed E-state index contributed by atoms with van der Waals surface area (Å²) in [6.07, 6.45) is 0. The van der Waals surface area contributed by atoms with E-state index >= 15 is 0 Å². The molecule has 120 valence electrons. The van der Waals surface area contributed by atoms with Crippen molar-refractivity contribution in [3.8, 4) is 0 Å². The second-order valence-corrected chi connectivity index (χ2v) is 4.96. The smallest absolute Gasteiger partial charge is 0.326 e. The second kappa shape index (κ2) is 7.53. The Balaban J connectivity index is 2.97. The predicted molar refractivity (Wildman–Crippen MR) is 78.0 cm³/mol. The van der Waals surface area contributed by atoms with Gasteiger partial charge in [-0.25, -0.2) is 9.18 Å². The van der Waals surface area contributed by atoms with Gasteiger partial charge in [0, 0.05) is 25.6 Å². The lowest BCUT2D eigenvalue weighted by molar-refractivity contribution is -0.141. The molecule has 1 aromatic carbocycles. The quantitative estimate of drug-likeness (QED) is 0.826. The molecule has 2 amide bonds. The number of nitrogens with one attached hydrogen (secondary N) is 1. The third-order valence-electron chi connectivity index (χ3n) is 3.22. The fraction of sp³-hybridized carbons (Fsp3) is 0.400. The van der Waals surface area contributed by atoms with Crippen LogP contribution in [0.25, 0.3) is 0 Å². The standard InChI is InChI=1S/C15H19FN2O4/c1-9-8-12(4-5-13(9)16)14(20)18(10(2)15(21)22)7-6-17-11(3)19/h4-5,8,10H,6-7H2,1-3H3,(H,17,19)(H,21,22). The van der Waals surface area contributed by atoms with Crippen LogP contribution >= 0.6 is 0 Å². The van der Waals surface area contributed by atoms with Gasteiger partial charge in [0.15, 0.2) is 0 Å². The molecule has 0 radical (unpaired) electrons. The van der Waals surface area contributed by atoms with Gasteiger partial charge in [-0.05, 0) is 37.6 Å². The Morgan fingerprint density at radius 3 is 2.50 bits per heavy atom. The number of aliphatic carboxylic acids is 1. The maximum Gasteiger partial charge on any atom is 0.326 e. The van der Waals surface area contributed by atoms with Gasteiger partial charge in [-0.3, -0.25) is 9.59 Å². The Bertz CT molecular complexity index is 589. The molecule has 0 saturated heterocycles. The number of halogens is 1. The fourth-order valence-electron chi connectivity index (χ4n) is 1.90. The molecule has 1 atom stereocenters. The SMILES string of the molecule is CC(=O)NCCN(C(=O)c1ccc(F)c(C)c1)C(C)C(=O)O. The highest BCUT2D eigenvalue weighted by Crippen LogP contribution is 2.13. The van der Waals surface area contributed by atoms with Crippen LogP contribution in [0.1, 0.15) is 29.8 Å². The van der Waals surface area contributed by atoms with Crippen molar-refractivity contribution in [1.82, 2.24) is 10.2 Å². The van der Waals surface area contributed by atoms with Crippen LogP contribution in [0.3, 0.4) is 0 Å². The van der Waals surface area contributed by atoms with Crippen LogP contribution in [0.2, 0.25) is 0 Å². The fourth-order valence-corrected chi connectivity index (χ4v) is 1.90. The Labute approximate surface area is 127 Å². The topological polar surface area (TPSA) is 86.7 Å². The van der Waals surface area contributed by atoms with Crippen LogP contribution < -0.4 is 5.32 Å². The lowest BCUT2D eigenvalue weighted by Gasteiger charge is -2.26. The van der Waals surface area contributed by atoms with Crippen molar-refractivity contribution in [2.75, 3.05) is 13.1 Å². The van der Waals surface area contributed by atoms with Crippen molar-refractivity contribution in [3.05, 3.63) is 35.1 Å². The number of benzene rings is 1. The normalized spacial score (nSPS) is 11.6. The van der Waals surface area contributed by atoms with Crippen LogP contribution in [-0.4, -0.2) is 46.9 Å². The van der Waals surface area contributed by atoms with Gasteiger partial charge in [0.1, 0.15) is 11.9 Å². The van der Waals surface area contributed by atoms with Gasteiger partial charge < -0.3 is 15.3 Å². The first-order valence-corrected chi connectivity index (χ1v) is 6.78. The van der Waals surface area contributed by atoms with E-state index in [9.17, 15) is 18.8 Å². The maximum absolute atomic E-state index is 13.3. The number of rotatable bonds is 6. The van der Waals surface area contributed by atoms with Crippen molar-refractivity contribution < 1.29 is 23.9 Å². The van der Waals surface area contributed by atoms with Crippen LogP contribution in [0.5, 0.6) is 0 Å². The average molecular weight is 310 g/mol. The van der Waals surface area contributed by atoms with Crippen LogP contribution in [0.15, 0.2) is 18.2 Å². The molecule has 0 aliphatic carbocycles. The number of hydrogen-bond acceptors (Lipinski definition) is 3. The summed E-state index contributed by atoms with van der Waals surface area (Å²) < 4.78 is 13.3. The molecule has 1 unspecified atom stereocenters. The molecular formula is C15H19FN2O4. The highest BCUT2D eigenvalue weighted by molar-refractivity contribution is 5.96. The molecule has 0 heterocycles. The zero-order chi connectivity index (χ0) is 16.9. The van der Waals surface area contributed by atoms with Gasteiger partial charge in [-0.1, -0.05) is 0 Å². The molecule has 7 heteroatoms. The first-order valence-electron chi connectivity index (χ1n) is 6.78. The Kier molecular flexibility index (Phi) is 6.03. The average Bonchev–Trinajstić information content (AvgIpc) is 2.44. The number of hydrogen-bond donors (Lipinski definition) is 2. The number of carboxylic acid groups (broad SMARTS) is 1. The summed E-state index contributed by atoms with van der Waals surface area (Å²) in [5.74, 6) is -2.39. The number of amides is 2. The maximum atomic E-state index is 13.3. The highest BCUT2D eigenvalue weighted by atomic mass is 19.1. The van der Waals surface area contributed by atoms with Gasteiger partial charge in [0.25, 0.3) is 5.91 Å². The van der Waals surface area contributed by atoms with Gasteiger partial charge in [-0.15, -0.1) is 0 Å². The molecule has 0 aromatic heterocycles. The summed E-state index contributed by atoms with van der Waals surface area (Å²) in [4.78, 5) is 35.6. The number of nitrogens with zero attached hydrogens (tertiary/aromatic N) is 1. The van der Waals surface area contributed by atoms with E-state index in [4.69, 9.17) is 5.11 Å². The van der Waals surface area contributed by atoms with Crippen LogP contribution in [0, 0.1) is 12.7 Å². The van der Waals surface area contributed by atoms with E-state index in [2.05, 4.69) is 5.32 Å². The molecule has 0 spiro atoms. The lowest BCUT2D eigenvalue weighted by Crippen LogP contribution is -2.46. The second-order valence-electron chi connectivity index (χ2n) is 4.96. The van der Waals surface area contributed by atoms with Gasteiger partial charge >= 0.3 is 5.97 Å². The van der Waals surface area contributed by atoms with E-state index in [1.807, 2.05) is 0 Å². The van der Waals surface area contributed by atoms with Crippen molar-refractivity contribution in [1.29, 1.82) is 0 Å². The number of carbonyl (C=O) groups excluding carboxylic acids is 2. The summed E-state index contributed by atoms with van der Waals surface area (Å²) in [7, 11) is 0. The summed E-state index contributed by atoms with van der Waals surface area (Å²) in [6.45, 7) is 4.41. The molecule has 0 aliphatic heterocycles. The molecule has 0 bridgehead atoms. The Morgan fingerprint density at radius 2 is 2.00 bits per heavy atom. The van der Waals surface area contributed by atoms with Crippen LogP contribution in [-0.2, 0) is 9.59 Å². The number of aryl methyl sites for hydroxylation is 1. The lowest BCUT2D eigenvalue weighted by atomic mass is 10.1. The zero-order valence-electron chi connectivity index (χ0n) is 12.7. The molecule has 2 N–H and O–H groups in total. The Morgan fingerprint density at radius 1 is 1.36 bits per heavy atom. The summed E-state index contributed by atoms with van der Waals surface area (Å²) in [5.41, 5.74) is 0.505. The number of carboxylic acids is 1. The third kappa shape index (κ3) is 4.54. The van der Waals surface area contributed by atoms with Crippen molar-refractivity contribution >= 4 is 17.8 Å². The minimum Gasteiger partial charge on any atom is -0.480 e. The first kappa shape index (κ1) is 17.6.